The first-order valence-corrected chi connectivity index (χ1v) is 7.10. The Morgan fingerprint density at radius 3 is 2.32 bits per heavy atom. The predicted molar refractivity (Wildman–Crippen MR) is 74.5 cm³/mol. The van der Waals surface area contributed by atoms with Crippen molar-refractivity contribution in [2.45, 2.75) is 10.1 Å². The van der Waals surface area contributed by atoms with E-state index in [4.69, 9.17) is 22.1 Å². The Bertz CT molecular complexity index is 801. The van der Waals surface area contributed by atoms with E-state index >= 15 is 0 Å². The number of nitriles is 2. The summed E-state index contributed by atoms with van der Waals surface area (Å²) in [4.78, 5) is 8.93. The average molecular weight is 303 g/mol. The van der Waals surface area contributed by atoms with Crippen LogP contribution in [0.15, 0.2) is 38.1 Å². The molecule has 2 heterocycles. The van der Waals surface area contributed by atoms with E-state index < -0.39 is 0 Å². The Hall–Kier alpha value is -1.73. The molecule has 1 aliphatic heterocycles. The van der Waals surface area contributed by atoms with Crippen molar-refractivity contribution in [3.63, 3.8) is 0 Å². The number of nitrogens with zero attached hydrogens (tertiary/aromatic N) is 4. The van der Waals surface area contributed by atoms with Gasteiger partial charge in [0, 0.05) is 5.02 Å². The fourth-order valence-corrected chi connectivity index (χ4v) is 3.89. The Balaban J connectivity index is 2.15. The third-order valence-electron chi connectivity index (χ3n) is 2.37. The lowest BCUT2D eigenvalue weighted by atomic mass is 10.3. The van der Waals surface area contributed by atoms with Crippen LogP contribution >= 0.6 is 35.1 Å². The van der Waals surface area contributed by atoms with Gasteiger partial charge in [-0.15, -0.1) is 0 Å². The number of aromatic nitrogens is 2. The molecule has 19 heavy (non-hydrogen) atoms. The van der Waals surface area contributed by atoms with E-state index in [1.165, 1.54) is 23.5 Å². The van der Waals surface area contributed by atoms with Crippen LogP contribution in [0.1, 0.15) is 0 Å². The fraction of sp³-hybridized carbons (Fsp3) is 0. The summed E-state index contributed by atoms with van der Waals surface area (Å²) < 4.78 is 0.626. The second-order valence-corrected chi connectivity index (χ2v) is 6.25. The van der Waals surface area contributed by atoms with E-state index in [2.05, 4.69) is 9.97 Å². The Kier molecular flexibility index (Phi) is 3.08. The highest BCUT2D eigenvalue weighted by Gasteiger charge is 2.24. The Morgan fingerprint density at radius 1 is 1.05 bits per heavy atom. The maximum absolute atomic E-state index is 8.88. The van der Waals surface area contributed by atoms with E-state index in [-0.39, 0.29) is 5.57 Å². The minimum absolute atomic E-state index is 0.0943. The van der Waals surface area contributed by atoms with Gasteiger partial charge in [-0.1, -0.05) is 35.1 Å². The first kappa shape index (κ1) is 12.3. The van der Waals surface area contributed by atoms with Gasteiger partial charge in [0.25, 0.3) is 0 Å². The van der Waals surface area contributed by atoms with Gasteiger partial charge in [0.1, 0.15) is 27.8 Å². The van der Waals surface area contributed by atoms with Crippen LogP contribution in [0, 0.1) is 22.7 Å². The fourth-order valence-electron chi connectivity index (χ4n) is 1.54. The zero-order valence-electron chi connectivity index (χ0n) is 9.22. The van der Waals surface area contributed by atoms with Gasteiger partial charge < -0.3 is 0 Å². The van der Waals surface area contributed by atoms with E-state index in [0.717, 1.165) is 10.5 Å². The molecule has 0 radical (unpaired) electrons. The van der Waals surface area contributed by atoms with E-state index in [9.17, 15) is 0 Å². The van der Waals surface area contributed by atoms with Crippen LogP contribution < -0.4 is 0 Å². The first-order valence-electron chi connectivity index (χ1n) is 5.09. The number of allylic oxidation sites excluding steroid dienone is 1. The molecule has 2 aromatic rings. The molecule has 0 spiro atoms. The summed E-state index contributed by atoms with van der Waals surface area (Å²) in [6.07, 6.45) is 0. The highest BCUT2D eigenvalue weighted by molar-refractivity contribution is 8.24. The number of halogens is 1. The molecule has 7 heteroatoms. The molecule has 90 valence electrons. The molecular weight excluding hydrogens is 300 g/mol. The smallest absolute Gasteiger partial charge is 0.150 e. The molecule has 0 atom stereocenters. The van der Waals surface area contributed by atoms with E-state index in [1.807, 2.05) is 12.1 Å². The van der Waals surface area contributed by atoms with Crippen molar-refractivity contribution in [1.82, 2.24) is 9.97 Å². The minimum Gasteiger partial charge on any atom is -0.237 e. The maximum Gasteiger partial charge on any atom is 0.150 e. The molecule has 0 saturated heterocycles. The highest BCUT2D eigenvalue weighted by atomic mass is 35.5. The third kappa shape index (κ3) is 2.15. The first-order chi connectivity index (χ1) is 9.21. The molecule has 0 aliphatic carbocycles. The molecule has 1 aromatic carbocycles. The lowest BCUT2D eigenvalue weighted by molar-refractivity contribution is 0.981. The van der Waals surface area contributed by atoms with Crippen molar-refractivity contribution < 1.29 is 0 Å². The predicted octanol–water partition coefficient (Wildman–Crippen LogP) is 3.74. The Morgan fingerprint density at radius 2 is 1.68 bits per heavy atom. The topological polar surface area (TPSA) is 73.4 Å². The summed E-state index contributed by atoms with van der Waals surface area (Å²) in [6, 6.07) is 9.05. The monoisotopic (exact) mass is 302 g/mol. The zero-order chi connectivity index (χ0) is 13.4. The van der Waals surface area contributed by atoms with Crippen molar-refractivity contribution >= 4 is 46.2 Å². The minimum atomic E-state index is 0.0943. The molecular formula is C12H3ClN4S2. The third-order valence-corrected chi connectivity index (χ3v) is 4.97. The number of hydrogen-bond donors (Lipinski definition) is 0. The largest absolute Gasteiger partial charge is 0.237 e. The number of fused-ring (bicyclic) bond motifs is 2. The molecule has 3 rings (SSSR count). The van der Waals surface area contributed by atoms with Crippen LogP contribution in [0.5, 0.6) is 0 Å². The summed E-state index contributed by atoms with van der Waals surface area (Å²) in [5.74, 6) is 0. The summed E-state index contributed by atoms with van der Waals surface area (Å²) in [6.45, 7) is 0. The second kappa shape index (κ2) is 4.75. The Labute approximate surface area is 122 Å². The van der Waals surface area contributed by atoms with Gasteiger partial charge in [-0.2, -0.15) is 10.5 Å². The van der Waals surface area contributed by atoms with Crippen LogP contribution in [0.3, 0.4) is 0 Å². The van der Waals surface area contributed by atoms with Crippen LogP contribution in [-0.2, 0) is 0 Å². The summed E-state index contributed by atoms with van der Waals surface area (Å²) >= 11 is 8.52. The van der Waals surface area contributed by atoms with Crippen molar-refractivity contribution in [2.75, 3.05) is 0 Å². The molecule has 1 aromatic heterocycles. The van der Waals surface area contributed by atoms with E-state index in [1.54, 1.807) is 18.2 Å². The molecule has 0 fully saturated rings. The van der Waals surface area contributed by atoms with Gasteiger partial charge in [0.05, 0.1) is 15.3 Å². The van der Waals surface area contributed by atoms with Gasteiger partial charge in [-0.05, 0) is 18.2 Å². The zero-order valence-corrected chi connectivity index (χ0v) is 11.6. The quantitative estimate of drug-likeness (QED) is 0.690. The van der Waals surface area contributed by atoms with E-state index in [0.29, 0.717) is 19.8 Å². The van der Waals surface area contributed by atoms with Gasteiger partial charge in [0.15, 0.2) is 0 Å². The molecule has 0 N–H and O–H groups in total. The average Bonchev–Trinajstić information content (AvgIpc) is 2.80. The van der Waals surface area contributed by atoms with Crippen molar-refractivity contribution in [3.05, 3.63) is 33.0 Å². The highest BCUT2D eigenvalue weighted by Crippen LogP contribution is 2.50. The van der Waals surface area contributed by atoms with Crippen molar-refractivity contribution in [1.29, 1.82) is 10.5 Å². The van der Waals surface area contributed by atoms with Crippen molar-refractivity contribution in [2.24, 2.45) is 0 Å². The SMILES string of the molecule is N#CC(C#N)=C1Sc2nc3ccc(Cl)cc3nc2S1. The van der Waals surface area contributed by atoms with Crippen LogP contribution in [0.2, 0.25) is 5.02 Å². The van der Waals surface area contributed by atoms with Gasteiger partial charge in [0.2, 0.25) is 0 Å². The lowest BCUT2D eigenvalue weighted by Gasteiger charge is -1.99. The molecule has 0 amide bonds. The summed E-state index contributed by atoms with van der Waals surface area (Å²) in [7, 11) is 0. The molecule has 1 aliphatic rings. The van der Waals surface area contributed by atoms with Crippen LogP contribution in [0.25, 0.3) is 11.0 Å². The summed E-state index contributed by atoms with van der Waals surface area (Å²) in [5.41, 5.74) is 1.54. The molecule has 4 nitrogen and oxygen atoms in total. The van der Waals surface area contributed by atoms with Gasteiger partial charge in [-0.25, -0.2) is 9.97 Å². The maximum atomic E-state index is 8.88. The second-order valence-electron chi connectivity index (χ2n) is 3.56. The van der Waals surface area contributed by atoms with Crippen LogP contribution in [0.4, 0.5) is 0 Å². The number of benzene rings is 1. The van der Waals surface area contributed by atoms with Crippen molar-refractivity contribution in [3.8, 4) is 12.1 Å². The number of hydrogen-bond acceptors (Lipinski definition) is 6. The molecule has 0 unspecified atom stereocenters. The van der Waals surface area contributed by atoms with Gasteiger partial charge >= 0.3 is 0 Å². The van der Waals surface area contributed by atoms with Crippen LogP contribution in [-0.4, -0.2) is 9.97 Å². The lowest BCUT2D eigenvalue weighted by Crippen LogP contribution is -1.87. The normalized spacial score (nSPS) is 12.9. The summed E-state index contributed by atoms with van der Waals surface area (Å²) in [5, 5.41) is 19.8. The molecule has 0 bridgehead atoms. The number of thioether (sulfide) groups is 2. The molecule has 0 saturated carbocycles. The number of rotatable bonds is 0. The standard InChI is InChI=1S/C12H3ClN4S2/c13-7-1-2-8-9(3-7)17-11-10(16-8)18-12(19-11)6(4-14)5-15/h1-3H. The van der Waals surface area contributed by atoms with Gasteiger partial charge in [-0.3, -0.25) is 0 Å².